The summed E-state index contributed by atoms with van der Waals surface area (Å²) < 4.78 is 29.3. The number of carbonyl (C=O) groups excluding carboxylic acids is 1. The van der Waals surface area contributed by atoms with Crippen molar-refractivity contribution in [2.24, 2.45) is 0 Å². The number of rotatable bonds is 9. The van der Waals surface area contributed by atoms with E-state index in [1.807, 2.05) is 35.7 Å². The van der Waals surface area contributed by atoms with Gasteiger partial charge >= 0.3 is 0 Å². The molecular formula is C22H21N5O3S2. The molecule has 2 N–H and O–H groups in total. The highest BCUT2D eigenvalue weighted by Crippen LogP contribution is 2.18. The molecule has 0 aliphatic heterocycles. The molecule has 164 valence electrons. The first-order valence-corrected chi connectivity index (χ1v) is 12.2. The van der Waals surface area contributed by atoms with E-state index in [0.717, 1.165) is 10.4 Å². The first kappa shape index (κ1) is 21.9. The lowest BCUT2D eigenvalue weighted by molar-refractivity contribution is 0.102. The molecule has 0 unspecified atom stereocenters. The van der Waals surface area contributed by atoms with Crippen LogP contribution >= 0.6 is 11.3 Å². The molecule has 10 heteroatoms. The maximum atomic E-state index is 12.7. The molecule has 8 nitrogen and oxygen atoms in total. The fourth-order valence-corrected chi connectivity index (χ4v) is 4.84. The van der Waals surface area contributed by atoms with E-state index in [1.54, 1.807) is 28.4 Å². The van der Waals surface area contributed by atoms with Crippen LogP contribution in [0.25, 0.3) is 0 Å². The molecule has 0 aliphatic rings. The molecule has 0 fully saturated rings. The van der Waals surface area contributed by atoms with Crippen LogP contribution in [0.1, 0.15) is 20.8 Å². The molecule has 4 rings (SSSR count). The van der Waals surface area contributed by atoms with Gasteiger partial charge in [-0.25, -0.2) is 22.8 Å². The molecule has 0 spiro atoms. The molecular weight excluding hydrogens is 446 g/mol. The minimum atomic E-state index is -3.64. The van der Waals surface area contributed by atoms with E-state index < -0.39 is 10.0 Å². The van der Waals surface area contributed by atoms with E-state index in [4.69, 9.17) is 0 Å². The second-order valence-corrected chi connectivity index (χ2v) is 9.76. The summed E-state index contributed by atoms with van der Waals surface area (Å²) in [5.41, 5.74) is 1.89. The van der Waals surface area contributed by atoms with Gasteiger partial charge in [0, 0.05) is 22.7 Å². The highest BCUT2D eigenvalue weighted by atomic mass is 32.2. The van der Waals surface area contributed by atoms with E-state index in [1.165, 1.54) is 30.6 Å². The van der Waals surface area contributed by atoms with Crippen molar-refractivity contribution >= 4 is 33.0 Å². The number of nitrogens with one attached hydrogen (secondary N) is 2. The second-order valence-electron chi connectivity index (χ2n) is 6.96. The number of amides is 1. The van der Waals surface area contributed by atoms with Crippen molar-refractivity contribution in [3.63, 3.8) is 0 Å². The van der Waals surface area contributed by atoms with Gasteiger partial charge in [-0.3, -0.25) is 4.79 Å². The summed E-state index contributed by atoms with van der Waals surface area (Å²) in [6.45, 7) is 0.776. The fourth-order valence-electron chi connectivity index (χ4n) is 3.10. The van der Waals surface area contributed by atoms with Gasteiger partial charge in [-0.1, -0.05) is 24.3 Å². The van der Waals surface area contributed by atoms with Gasteiger partial charge in [0.15, 0.2) is 0 Å². The average molecular weight is 468 g/mol. The standard InChI is InChI=1S/C22H21N5O3S2/c28-22(26-21-6-2-1-4-18(21)14-27-16-23-15-24-27)17-7-9-20(10-8-17)32(29,30)25-12-11-19-5-3-13-31-19/h1-10,13,15-16,25H,11-12,14H2,(H,26,28). The molecule has 0 aliphatic carbocycles. The van der Waals surface area contributed by atoms with Gasteiger partial charge in [-0.2, -0.15) is 5.10 Å². The molecule has 4 aromatic rings. The Bertz CT molecular complexity index is 1270. The van der Waals surface area contributed by atoms with Crippen molar-refractivity contribution in [1.29, 1.82) is 0 Å². The van der Waals surface area contributed by atoms with Crippen LogP contribution in [0.5, 0.6) is 0 Å². The van der Waals surface area contributed by atoms with Crippen LogP contribution in [0.2, 0.25) is 0 Å². The van der Waals surface area contributed by atoms with Gasteiger partial charge < -0.3 is 5.32 Å². The summed E-state index contributed by atoms with van der Waals surface area (Å²) >= 11 is 1.59. The summed E-state index contributed by atoms with van der Waals surface area (Å²) in [7, 11) is -3.64. The van der Waals surface area contributed by atoms with Crippen LogP contribution in [0.3, 0.4) is 0 Å². The third-order valence-electron chi connectivity index (χ3n) is 4.73. The molecule has 2 heterocycles. The Kier molecular flexibility index (Phi) is 6.74. The Morgan fingerprint density at radius 3 is 2.56 bits per heavy atom. The lowest BCUT2D eigenvalue weighted by Gasteiger charge is -2.11. The zero-order valence-electron chi connectivity index (χ0n) is 17.0. The third kappa shape index (κ3) is 5.47. The lowest BCUT2D eigenvalue weighted by Crippen LogP contribution is -2.26. The molecule has 2 aromatic heterocycles. The highest BCUT2D eigenvalue weighted by Gasteiger charge is 2.15. The van der Waals surface area contributed by atoms with Gasteiger partial charge in [-0.05, 0) is 53.8 Å². The summed E-state index contributed by atoms with van der Waals surface area (Å²) in [5.74, 6) is -0.328. The number of sulfonamides is 1. The monoisotopic (exact) mass is 467 g/mol. The van der Waals surface area contributed by atoms with Crippen molar-refractivity contribution in [1.82, 2.24) is 19.5 Å². The Hall–Kier alpha value is -3.34. The number of benzene rings is 2. The van der Waals surface area contributed by atoms with Crippen LogP contribution < -0.4 is 10.0 Å². The third-order valence-corrected chi connectivity index (χ3v) is 7.15. The van der Waals surface area contributed by atoms with Crippen molar-refractivity contribution in [2.75, 3.05) is 11.9 Å². The Morgan fingerprint density at radius 1 is 1.03 bits per heavy atom. The van der Waals surface area contributed by atoms with Crippen LogP contribution in [0.4, 0.5) is 5.69 Å². The number of nitrogens with zero attached hydrogens (tertiary/aromatic N) is 3. The number of thiophene rings is 1. The van der Waals surface area contributed by atoms with E-state index in [9.17, 15) is 13.2 Å². The van der Waals surface area contributed by atoms with E-state index in [2.05, 4.69) is 20.1 Å². The quantitative estimate of drug-likeness (QED) is 0.393. The van der Waals surface area contributed by atoms with Gasteiger partial charge in [-0.15, -0.1) is 11.3 Å². The second kappa shape index (κ2) is 9.86. The fraction of sp³-hybridized carbons (Fsp3) is 0.136. The predicted octanol–water partition coefficient (Wildman–Crippen LogP) is 3.16. The normalized spacial score (nSPS) is 11.4. The molecule has 0 bridgehead atoms. The minimum absolute atomic E-state index is 0.117. The van der Waals surface area contributed by atoms with Gasteiger partial charge in [0.1, 0.15) is 12.7 Å². The Morgan fingerprint density at radius 2 is 1.84 bits per heavy atom. The van der Waals surface area contributed by atoms with Crippen molar-refractivity contribution in [3.05, 3.63) is 94.7 Å². The maximum Gasteiger partial charge on any atom is 0.255 e. The Labute approximate surface area is 190 Å². The smallest absolute Gasteiger partial charge is 0.255 e. The first-order chi connectivity index (χ1) is 15.5. The predicted molar refractivity (Wildman–Crippen MR) is 123 cm³/mol. The highest BCUT2D eigenvalue weighted by molar-refractivity contribution is 7.89. The molecule has 1 amide bonds. The molecule has 0 atom stereocenters. The van der Waals surface area contributed by atoms with Crippen LogP contribution in [0, 0.1) is 0 Å². The molecule has 32 heavy (non-hydrogen) atoms. The minimum Gasteiger partial charge on any atom is -0.322 e. The van der Waals surface area contributed by atoms with E-state index in [0.29, 0.717) is 30.8 Å². The summed E-state index contributed by atoms with van der Waals surface area (Å²) in [6, 6.07) is 17.2. The molecule has 0 saturated carbocycles. The molecule has 0 radical (unpaired) electrons. The Balaban J connectivity index is 1.40. The molecule has 0 saturated heterocycles. The number of hydrogen-bond donors (Lipinski definition) is 2. The van der Waals surface area contributed by atoms with Crippen LogP contribution in [-0.4, -0.2) is 35.6 Å². The summed E-state index contributed by atoms with van der Waals surface area (Å²) in [5, 5.41) is 8.93. The first-order valence-electron chi connectivity index (χ1n) is 9.85. The zero-order chi connectivity index (χ0) is 22.4. The number of anilines is 1. The maximum absolute atomic E-state index is 12.7. The topological polar surface area (TPSA) is 106 Å². The summed E-state index contributed by atoms with van der Waals surface area (Å²) in [6.07, 6.45) is 3.69. The average Bonchev–Trinajstić information content (AvgIpc) is 3.49. The summed E-state index contributed by atoms with van der Waals surface area (Å²) in [4.78, 5) is 17.9. The number of hydrogen-bond acceptors (Lipinski definition) is 6. The zero-order valence-corrected chi connectivity index (χ0v) is 18.6. The van der Waals surface area contributed by atoms with Gasteiger partial charge in [0.25, 0.3) is 5.91 Å². The molecule has 2 aromatic carbocycles. The SMILES string of the molecule is O=C(Nc1ccccc1Cn1cncn1)c1ccc(S(=O)(=O)NCCc2cccs2)cc1. The van der Waals surface area contributed by atoms with Crippen molar-refractivity contribution in [2.45, 2.75) is 17.9 Å². The number of carbonyl (C=O) groups is 1. The van der Waals surface area contributed by atoms with Gasteiger partial charge in [0.05, 0.1) is 11.4 Å². The number of para-hydroxylation sites is 1. The van der Waals surface area contributed by atoms with Gasteiger partial charge in [0.2, 0.25) is 10.0 Å². The van der Waals surface area contributed by atoms with E-state index >= 15 is 0 Å². The number of aromatic nitrogens is 3. The van der Waals surface area contributed by atoms with Crippen molar-refractivity contribution < 1.29 is 13.2 Å². The largest absolute Gasteiger partial charge is 0.322 e. The van der Waals surface area contributed by atoms with Crippen LogP contribution in [0.15, 0.2) is 83.6 Å². The van der Waals surface area contributed by atoms with Crippen LogP contribution in [-0.2, 0) is 23.0 Å². The lowest BCUT2D eigenvalue weighted by atomic mass is 10.1. The van der Waals surface area contributed by atoms with E-state index in [-0.39, 0.29) is 10.8 Å². The van der Waals surface area contributed by atoms with Crippen molar-refractivity contribution in [3.8, 4) is 0 Å².